The highest BCUT2D eigenvalue weighted by Gasteiger charge is 2.38. The summed E-state index contributed by atoms with van der Waals surface area (Å²) in [5, 5.41) is 0. The number of carbonyl (C=O) groups excluding carboxylic acids is 1. The summed E-state index contributed by atoms with van der Waals surface area (Å²) in [6, 6.07) is 15.4. The molecule has 0 saturated carbocycles. The second kappa shape index (κ2) is 5.52. The van der Waals surface area contributed by atoms with Gasteiger partial charge in [0.1, 0.15) is 11.9 Å². The molecule has 3 aromatic rings. The number of fused-ring (bicyclic) bond motifs is 2. The molecule has 116 valence electrons. The van der Waals surface area contributed by atoms with E-state index in [1.165, 1.54) is 0 Å². The number of para-hydroxylation sites is 2. The first-order chi connectivity index (χ1) is 11.3. The van der Waals surface area contributed by atoms with Gasteiger partial charge < -0.3 is 14.6 Å². The minimum atomic E-state index is -0.193. The first kappa shape index (κ1) is 14.0. The third-order valence-electron chi connectivity index (χ3n) is 4.26. The van der Waals surface area contributed by atoms with Crippen LogP contribution in [0.2, 0.25) is 0 Å². The molecule has 5 nitrogen and oxygen atoms in total. The van der Waals surface area contributed by atoms with E-state index in [9.17, 15) is 4.79 Å². The predicted octanol–water partition coefficient (Wildman–Crippen LogP) is 2.75. The molecule has 2 aromatic carbocycles. The highest BCUT2D eigenvalue weighted by molar-refractivity contribution is 5.99. The van der Waals surface area contributed by atoms with Crippen molar-refractivity contribution in [2.75, 3.05) is 20.3 Å². The monoisotopic (exact) mass is 307 g/mol. The molecule has 1 unspecified atom stereocenters. The second-order valence-electron chi connectivity index (χ2n) is 5.62. The van der Waals surface area contributed by atoms with Crippen LogP contribution in [0.25, 0.3) is 11.0 Å². The van der Waals surface area contributed by atoms with Gasteiger partial charge in [-0.1, -0.05) is 30.3 Å². The van der Waals surface area contributed by atoms with Gasteiger partial charge in [-0.25, -0.2) is 4.98 Å². The zero-order valence-corrected chi connectivity index (χ0v) is 12.8. The highest BCUT2D eigenvalue weighted by Crippen LogP contribution is 2.37. The van der Waals surface area contributed by atoms with Gasteiger partial charge in [-0.15, -0.1) is 0 Å². The fourth-order valence-electron chi connectivity index (χ4n) is 3.19. The van der Waals surface area contributed by atoms with Crippen LogP contribution in [0, 0.1) is 0 Å². The van der Waals surface area contributed by atoms with Crippen molar-refractivity contribution in [2.45, 2.75) is 6.04 Å². The second-order valence-corrected chi connectivity index (χ2v) is 5.62. The van der Waals surface area contributed by atoms with Crippen LogP contribution in [0.5, 0.6) is 0 Å². The van der Waals surface area contributed by atoms with E-state index < -0.39 is 0 Å². The van der Waals surface area contributed by atoms with Crippen LogP contribution in [-0.2, 0) is 4.74 Å². The lowest BCUT2D eigenvalue weighted by atomic mass is 10.0. The van der Waals surface area contributed by atoms with Crippen LogP contribution in [0.4, 0.5) is 0 Å². The molecule has 0 aliphatic carbocycles. The maximum Gasteiger partial charge on any atom is 0.255 e. The maximum atomic E-state index is 12.7. The summed E-state index contributed by atoms with van der Waals surface area (Å²) >= 11 is 0. The molecular weight excluding hydrogens is 290 g/mol. The Hall–Kier alpha value is -2.66. The number of hydrogen-bond acceptors (Lipinski definition) is 3. The normalized spacial score (nSPS) is 17.0. The minimum Gasteiger partial charge on any atom is -0.383 e. The van der Waals surface area contributed by atoms with Crippen LogP contribution in [-0.4, -0.2) is 41.0 Å². The van der Waals surface area contributed by atoms with Crippen molar-refractivity contribution in [1.82, 2.24) is 14.9 Å². The largest absolute Gasteiger partial charge is 0.383 e. The van der Waals surface area contributed by atoms with Crippen molar-refractivity contribution < 1.29 is 9.53 Å². The van der Waals surface area contributed by atoms with Gasteiger partial charge in [-0.2, -0.15) is 0 Å². The smallest absolute Gasteiger partial charge is 0.255 e. The Morgan fingerprint density at radius 1 is 1.17 bits per heavy atom. The number of imidazole rings is 1. The van der Waals surface area contributed by atoms with Gasteiger partial charge in [0.25, 0.3) is 5.91 Å². The summed E-state index contributed by atoms with van der Waals surface area (Å²) in [5.74, 6) is 0.823. The van der Waals surface area contributed by atoms with E-state index in [1.807, 2.05) is 53.4 Å². The molecule has 1 N–H and O–H groups in total. The van der Waals surface area contributed by atoms with Crippen LogP contribution in [0.1, 0.15) is 27.8 Å². The van der Waals surface area contributed by atoms with Crippen LogP contribution >= 0.6 is 0 Å². The van der Waals surface area contributed by atoms with Gasteiger partial charge in [-0.05, 0) is 23.8 Å². The van der Waals surface area contributed by atoms with Gasteiger partial charge in [0, 0.05) is 19.2 Å². The van der Waals surface area contributed by atoms with Crippen molar-refractivity contribution in [3.8, 4) is 0 Å². The van der Waals surface area contributed by atoms with E-state index in [2.05, 4.69) is 4.98 Å². The number of methoxy groups -OCH3 is 1. The Labute approximate surface area is 133 Å². The molecule has 0 radical (unpaired) electrons. The molecule has 4 rings (SSSR count). The van der Waals surface area contributed by atoms with Crippen LogP contribution in [0.3, 0.4) is 0 Å². The van der Waals surface area contributed by atoms with Crippen molar-refractivity contribution in [3.63, 3.8) is 0 Å². The number of nitrogens with zero attached hydrogens (tertiary/aromatic N) is 2. The number of rotatable bonds is 4. The van der Waals surface area contributed by atoms with Gasteiger partial charge >= 0.3 is 0 Å². The summed E-state index contributed by atoms with van der Waals surface area (Å²) in [5.41, 5.74) is 3.62. The average molecular weight is 307 g/mol. The Balaban J connectivity index is 1.83. The van der Waals surface area contributed by atoms with Gasteiger partial charge in [-0.3, -0.25) is 4.79 Å². The zero-order chi connectivity index (χ0) is 15.8. The van der Waals surface area contributed by atoms with E-state index in [-0.39, 0.29) is 11.9 Å². The van der Waals surface area contributed by atoms with Crippen molar-refractivity contribution in [3.05, 3.63) is 65.5 Å². The predicted molar refractivity (Wildman–Crippen MR) is 87.3 cm³/mol. The summed E-state index contributed by atoms with van der Waals surface area (Å²) in [4.78, 5) is 22.6. The molecule has 5 heteroatoms. The van der Waals surface area contributed by atoms with E-state index in [0.717, 1.165) is 28.0 Å². The number of H-pyrrole nitrogens is 1. The Bertz CT molecular complexity index is 838. The maximum absolute atomic E-state index is 12.7. The average Bonchev–Trinajstić information content (AvgIpc) is 3.12. The Kier molecular flexibility index (Phi) is 3.35. The minimum absolute atomic E-state index is 0.0307. The van der Waals surface area contributed by atoms with Gasteiger partial charge in [0.15, 0.2) is 0 Å². The van der Waals surface area contributed by atoms with Crippen LogP contribution < -0.4 is 0 Å². The summed E-state index contributed by atoms with van der Waals surface area (Å²) in [6.45, 7) is 1.03. The molecule has 1 aliphatic heterocycles. The number of aromatic nitrogens is 2. The molecule has 1 aliphatic rings. The number of carbonyl (C=O) groups is 1. The summed E-state index contributed by atoms with van der Waals surface area (Å²) in [6.07, 6.45) is 0. The molecule has 0 fully saturated rings. The van der Waals surface area contributed by atoms with Crippen molar-refractivity contribution in [1.29, 1.82) is 0 Å². The third kappa shape index (κ3) is 2.21. The Morgan fingerprint density at radius 3 is 2.78 bits per heavy atom. The zero-order valence-electron chi connectivity index (χ0n) is 12.8. The van der Waals surface area contributed by atoms with E-state index in [1.54, 1.807) is 7.11 Å². The standard InChI is InChI=1S/C18H17N3O2/c1-23-11-10-21-16(12-6-2-3-7-13(12)18(21)22)17-19-14-8-4-5-9-15(14)20-17/h2-9,16H,10-11H2,1H3,(H,19,20). The molecule has 2 heterocycles. The summed E-state index contributed by atoms with van der Waals surface area (Å²) < 4.78 is 5.17. The number of aromatic amines is 1. The lowest BCUT2D eigenvalue weighted by Gasteiger charge is -2.23. The van der Waals surface area contributed by atoms with Gasteiger partial charge in [0.2, 0.25) is 0 Å². The van der Waals surface area contributed by atoms with Crippen molar-refractivity contribution in [2.24, 2.45) is 0 Å². The van der Waals surface area contributed by atoms with E-state index >= 15 is 0 Å². The first-order valence-electron chi connectivity index (χ1n) is 7.63. The Morgan fingerprint density at radius 2 is 1.96 bits per heavy atom. The van der Waals surface area contributed by atoms with Crippen LogP contribution in [0.15, 0.2) is 48.5 Å². The van der Waals surface area contributed by atoms with Crippen molar-refractivity contribution >= 4 is 16.9 Å². The highest BCUT2D eigenvalue weighted by atomic mass is 16.5. The number of hydrogen-bond donors (Lipinski definition) is 1. The lowest BCUT2D eigenvalue weighted by Crippen LogP contribution is -2.32. The number of amides is 1. The van der Waals surface area contributed by atoms with Gasteiger partial charge in [0.05, 0.1) is 17.6 Å². The first-order valence-corrected chi connectivity index (χ1v) is 7.63. The third-order valence-corrected chi connectivity index (χ3v) is 4.26. The molecule has 1 atom stereocenters. The number of nitrogens with one attached hydrogen (secondary N) is 1. The molecule has 0 spiro atoms. The van der Waals surface area contributed by atoms with E-state index in [4.69, 9.17) is 9.72 Å². The SMILES string of the molecule is COCCN1C(=O)c2ccccc2C1c1nc2ccccc2[nH]1. The quantitative estimate of drug-likeness (QED) is 0.806. The molecule has 1 aromatic heterocycles. The topological polar surface area (TPSA) is 58.2 Å². The fourth-order valence-corrected chi connectivity index (χ4v) is 3.19. The summed E-state index contributed by atoms with van der Waals surface area (Å²) in [7, 11) is 1.64. The molecule has 23 heavy (non-hydrogen) atoms. The van der Waals surface area contributed by atoms with E-state index in [0.29, 0.717) is 13.2 Å². The molecular formula is C18H17N3O2. The lowest BCUT2D eigenvalue weighted by molar-refractivity contribution is 0.0677. The number of benzene rings is 2. The fraction of sp³-hybridized carbons (Fsp3) is 0.222. The molecule has 1 amide bonds. The number of ether oxygens (including phenoxy) is 1. The molecule has 0 bridgehead atoms. The molecule has 0 saturated heterocycles.